The fourth-order valence-electron chi connectivity index (χ4n) is 2.66. The van der Waals surface area contributed by atoms with Gasteiger partial charge in [-0.2, -0.15) is 0 Å². The standard InChI is InChI=1S/C11H21NO3S/c1-9(2,3)11(4-5-11)16(13,14)10(6-12)7-15-8-10/h4-8,12H2,1-3H3. The first-order chi connectivity index (χ1) is 7.22. The van der Waals surface area contributed by atoms with Gasteiger partial charge in [0.1, 0.15) is 4.75 Å². The van der Waals surface area contributed by atoms with Crippen LogP contribution in [-0.2, 0) is 14.6 Å². The molecule has 2 fully saturated rings. The first-order valence-corrected chi connectivity index (χ1v) is 7.23. The smallest absolute Gasteiger partial charge is 0.168 e. The number of sulfone groups is 1. The monoisotopic (exact) mass is 247 g/mol. The topological polar surface area (TPSA) is 69.4 Å². The molecule has 1 heterocycles. The summed E-state index contributed by atoms with van der Waals surface area (Å²) in [6.07, 6.45) is 1.53. The van der Waals surface area contributed by atoms with Gasteiger partial charge in [0.25, 0.3) is 0 Å². The van der Waals surface area contributed by atoms with E-state index in [1.807, 2.05) is 20.8 Å². The molecule has 1 saturated carbocycles. The molecule has 1 aliphatic heterocycles. The van der Waals surface area contributed by atoms with E-state index in [-0.39, 0.29) is 25.2 Å². The highest BCUT2D eigenvalue weighted by atomic mass is 32.2. The molecule has 0 bridgehead atoms. The van der Waals surface area contributed by atoms with Crippen LogP contribution >= 0.6 is 0 Å². The molecular formula is C11H21NO3S. The third-order valence-corrected chi connectivity index (χ3v) is 7.85. The molecule has 94 valence electrons. The molecule has 0 aromatic heterocycles. The molecule has 1 saturated heterocycles. The quantitative estimate of drug-likeness (QED) is 0.797. The van der Waals surface area contributed by atoms with Gasteiger partial charge in [0.05, 0.1) is 18.0 Å². The molecule has 0 unspecified atom stereocenters. The maximum atomic E-state index is 12.7. The van der Waals surface area contributed by atoms with Gasteiger partial charge >= 0.3 is 0 Å². The fraction of sp³-hybridized carbons (Fsp3) is 1.00. The van der Waals surface area contributed by atoms with Crippen LogP contribution in [0.4, 0.5) is 0 Å². The zero-order valence-electron chi connectivity index (χ0n) is 10.2. The van der Waals surface area contributed by atoms with Crippen LogP contribution in [-0.4, -0.2) is 37.7 Å². The predicted octanol–water partition coefficient (Wildman–Crippen LogP) is 0.708. The number of ether oxygens (including phenoxy) is 1. The summed E-state index contributed by atoms with van der Waals surface area (Å²) in [6.45, 7) is 6.71. The summed E-state index contributed by atoms with van der Waals surface area (Å²) in [6, 6.07) is 0. The summed E-state index contributed by atoms with van der Waals surface area (Å²) in [4.78, 5) is 0. The van der Waals surface area contributed by atoms with Crippen LogP contribution in [0.1, 0.15) is 33.6 Å². The van der Waals surface area contributed by atoms with E-state index in [1.165, 1.54) is 0 Å². The minimum atomic E-state index is -3.21. The Morgan fingerprint density at radius 2 is 1.75 bits per heavy atom. The van der Waals surface area contributed by atoms with Crippen molar-refractivity contribution in [1.29, 1.82) is 0 Å². The fourth-order valence-corrected chi connectivity index (χ4v) is 5.63. The van der Waals surface area contributed by atoms with Crippen molar-refractivity contribution in [2.24, 2.45) is 11.1 Å². The van der Waals surface area contributed by atoms with Crippen molar-refractivity contribution in [3.05, 3.63) is 0 Å². The second-order valence-corrected chi connectivity index (χ2v) is 8.78. The summed E-state index contributed by atoms with van der Waals surface area (Å²) in [5, 5.41) is 0. The Hall–Kier alpha value is -0.130. The van der Waals surface area contributed by atoms with Crippen LogP contribution in [0.2, 0.25) is 0 Å². The molecular weight excluding hydrogens is 226 g/mol. The number of rotatable bonds is 3. The molecule has 5 heteroatoms. The van der Waals surface area contributed by atoms with Gasteiger partial charge in [-0.25, -0.2) is 8.42 Å². The lowest BCUT2D eigenvalue weighted by Crippen LogP contribution is -2.65. The maximum Gasteiger partial charge on any atom is 0.168 e. The highest BCUT2D eigenvalue weighted by molar-refractivity contribution is 7.94. The van der Waals surface area contributed by atoms with E-state index in [4.69, 9.17) is 10.5 Å². The molecule has 4 nitrogen and oxygen atoms in total. The van der Waals surface area contributed by atoms with Gasteiger partial charge in [0.2, 0.25) is 0 Å². The summed E-state index contributed by atoms with van der Waals surface area (Å²) in [5.74, 6) is 0. The molecule has 16 heavy (non-hydrogen) atoms. The Kier molecular flexibility index (Phi) is 2.47. The van der Waals surface area contributed by atoms with Gasteiger partial charge in [-0.1, -0.05) is 20.8 Å². The molecule has 0 spiro atoms. The summed E-state index contributed by atoms with van der Waals surface area (Å²) >= 11 is 0. The molecule has 0 atom stereocenters. The normalized spacial score (nSPS) is 27.2. The van der Waals surface area contributed by atoms with Crippen molar-refractivity contribution in [2.45, 2.75) is 43.1 Å². The lowest BCUT2D eigenvalue weighted by Gasteiger charge is -2.45. The van der Waals surface area contributed by atoms with Gasteiger partial charge in [-0.05, 0) is 18.3 Å². The number of hydrogen-bond acceptors (Lipinski definition) is 4. The molecule has 0 amide bonds. The van der Waals surface area contributed by atoms with Crippen LogP contribution in [0.25, 0.3) is 0 Å². The van der Waals surface area contributed by atoms with Crippen LogP contribution in [0.5, 0.6) is 0 Å². The van der Waals surface area contributed by atoms with Crippen molar-refractivity contribution >= 4 is 9.84 Å². The van der Waals surface area contributed by atoms with Gasteiger partial charge in [0, 0.05) is 6.54 Å². The van der Waals surface area contributed by atoms with E-state index in [0.29, 0.717) is 0 Å². The van der Waals surface area contributed by atoms with E-state index in [2.05, 4.69) is 0 Å². The van der Waals surface area contributed by atoms with E-state index in [9.17, 15) is 8.42 Å². The molecule has 2 N–H and O–H groups in total. The average Bonchev–Trinajstić information content (AvgIpc) is 2.79. The Labute approximate surface area is 97.5 Å². The molecule has 0 radical (unpaired) electrons. The molecule has 0 aromatic rings. The molecule has 1 aliphatic carbocycles. The van der Waals surface area contributed by atoms with Crippen LogP contribution in [0.15, 0.2) is 0 Å². The van der Waals surface area contributed by atoms with Crippen LogP contribution in [0, 0.1) is 5.41 Å². The number of hydrogen-bond donors (Lipinski definition) is 1. The summed E-state index contributed by atoms with van der Waals surface area (Å²) in [7, 11) is -3.21. The minimum absolute atomic E-state index is 0.174. The molecule has 2 aliphatic rings. The highest BCUT2D eigenvalue weighted by Gasteiger charge is 2.68. The van der Waals surface area contributed by atoms with Gasteiger partial charge in [-0.3, -0.25) is 0 Å². The second-order valence-electron chi connectivity index (χ2n) is 6.13. The Balaban J connectivity index is 2.41. The first kappa shape index (κ1) is 12.3. The van der Waals surface area contributed by atoms with Crippen molar-refractivity contribution in [2.75, 3.05) is 19.8 Å². The zero-order chi connectivity index (χ0) is 12.2. The molecule has 0 aromatic carbocycles. The second kappa shape index (κ2) is 3.21. The van der Waals surface area contributed by atoms with E-state index >= 15 is 0 Å². The van der Waals surface area contributed by atoms with Crippen LogP contribution in [0.3, 0.4) is 0 Å². The van der Waals surface area contributed by atoms with Crippen molar-refractivity contribution in [3.63, 3.8) is 0 Å². The Morgan fingerprint density at radius 1 is 1.25 bits per heavy atom. The van der Waals surface area contributed by atoms with Crippen molar-refractivity contribution < 1.29 is 13.2 Å². The first-order valence-electron chi connectivity index (χ1n) is 5.74. The zero-order valence-corrected chi connectivity index (χ0v) is 11.1. The van der Waals surface area contributed by atoms with Gasteiger partial charge in [0.15, 0.2) is 9.84 Å². The summed E-state index contributed by atoms with van der Waals surface area (Å²) < 4.78 is 29.2. The van der Waals surface area contributed by atoms with Gasteiger partial charge in [-0.15, -0.1) is 0 Å². The van der Waals surface area contributed by atoms with Gasteiger partial charge < -0.3 is 10.5 Å². The van der Waals surface area contributed by atoms with E-state index in [0.717, 1.165) is 12.8 Å². The largest absolute Gasteiger partial charge is 0.378 e. The van der Waals surface area contributed by atoms with Crippen LogP contribution < -0.4 is 5.73 Å². The lowest BCUT2D eigenvalue weighted by molar-refractivity contribution is -0.0105. The summed E-state index contributed by atoms with van der Waals surface area (Å²) in [5.41, 5.74) is 5.44. The molecule has 2 rings (SSSR count). The Morgan fingerprint density at radius 3 is 1.94 bits per heavy atom. The number of nitrogens with two attached hydrogens (primary N) is 1. The maximum absolute atomic E-state index is 12.7. The minimum Gasteiger partial charge on any atom is -0.378 e. The lowest BCUT2D eigenvalue weighted by atomic mass is 9.89. The highest BCUT2D eigenvalue weighted by Crippen LogP contribution is 2.59. The Bertz CT molecular complexity index is 380. The van der Waals surface area contributed by atoms with Crippen molar-refractivity contribution in [3.8, 4) is 0 Å². The third-order valence-electron chi connectivity index (χ3n) is 4.26. The van der Waals surface area contributed by atoms with Crippen molar-refractivity contribution in [1.82, 2.24) is 0 Å². The predicted molar refractivity (Wildman–Crippen MR) is 62.9 cm³/mol. The third kappa shape index (κ3) is 1.25. The average molecular weight is 247 g/mol. The van der Waals surface area contributed by atoms with E-state index in [1.54, 1.807) is 0 Å². The van der Waals surface area contributed by atoms with E-state index < -0.39 is 19.3 Å². The SMILES string of the molecule is CC(C)(C)C1(S(=O)(=O)C2(CN)COC2)CC1.